The number of carbonyl (C=O) groups is 2. The lowest BCUT2D eigenvalue weighted by molar-refractivity contribution is -0.117. The standard InChI is InChI=1S/C22H21FN4O2/c23-18-8-6-17(7-9-18)15-25-22(29)27-20(14-16-4-2-1-3-5-16)21(28)26-19-10-12-24-13-11-19/h1-13,20H,14-15H2,(H,24,26,28)(H2,25,27,29). The Morgan fingerprint density at radius 2 is 1.59 bits per heavy atom. The van der Waals surface area contributed by atoms with Crippen LogP contribution in [0.5, 0.6) is 0 Å². The highest BCUT2D eigenvalue weighted by atomic mass is 19.1. The first-order valence-corrected chi connectivity index (χ1v) is 9.14. The normalized spacial score (nSPS) is 11.3. The van der Waals surface area contributed by atoms with Crippen LogP contribution in [0.15, 0.2) is 79.1 Å². The van der Waals surface area contributed by atoms with Crippen LogP contribution in [-0.2, 0) is 17.8 Å². The Morgan fingerprint density at radius 1 is 0.897 bits per heavy atom. The first-order valence-electron chi connectivity index (χ1n) is 9.14. The summed E-state index contributed by atoms with van der Waals surface area (Å²) in [7, 11) is 0. The molecule has 3 N–H and O–H groups in total. The number of halogens is 1. The maximum Gasteiger partial charge on any atom is 0.315 e. The molecule has 3 amide bonds. The zero-order valence-corrected chi connectivity index (χ0v) is 15.6. The van der Waals surface area contributed by atoms with Crippen molar-refractivity contribution < 1.29 is 14.0 Å². The van der Waals surface area contributed by atoms with E-state index >= 15 is 0 Å². The van der Waals surface area contributed by atoms with Crippen molar-refractivity contribution in [3.8, 4) is 0 Å². The van der Waals surface area contributed by atoms with Gasteiger partial charge in [-0.05, 0) is 35.4 Å². The van der Waals surface area contributed by atoms with Gasteiger partial charge in [-0.15, -0.1) is 0 Å². The molecule has 0 aliphatic rings. The predicted octanol–water partition coefficient (Wildman–Crippen LogP) is 3.27. The van der Waals surface area contributed by atoms with E-state index < -0.39 is 12.1 Å². The molecule has 0 saturated heterocycles. The largest absolute Gasteiger partial charge is 0.334 e. The van der Waals surface area contributed by atoms with Crippen molar-refractivity contribution in [1.29, 1.82) is 0 Å². The van der Waals surface area contributed by atoms with E-state index in [0.29, 0.717) is 12.1 Å². The number of hydrogen-bond donors (Lipinski definition) is 3. The van der Waals surface area contributed by atoms with E-state index in [9.17, 15) is 14.0 Å². The Bertz CT molecular complexity index is 934. The maximum atomic E-state index is 13.0. The van der Waals surface area contributed by atoms with Crippen LogP contribution in [0.2, 0.25) is 0 Å². The van der Waals surface area contributed by atoms with Crippen LogP contribution in [0.3, 0.4) is 0 Å². The van der Waals surface area contributed by atoms with Gasteiger partial charge in [0, 0.05) is 31.0 Å². The number of urea groups is 1. The minimum Gasteiger partial charge on any atom is -0.334 e. The third kappa shape index (κ3) is 6.42. The van der Waals surface area contributed by atoms with Crippen LogP contribution in [0.25, 0.3) is 0 Å². The molecule has 7 heteroatoms. The van der Waals surface area contributed by atoms with E-state index in [4.69, 9.17) is 0 Å². The highest BCUT2D eigenvalue weighted by Crippen LogP contribution is 2.08. The summed E-state index contributed by atoms with van der Waals surface area (Å²) in [4.78, 5) is 29.0. The average Bonchev–Trinajstić information content (AvgIpc) is 2.74. The number of nitrogens with one attached hydrogen (secondary N) is 3. The van der Waals surface area contributed by atoms with E-state index in [0.717, 1.165) is 11.1 Å². The van der Waals surface area contributed by atoms with Crippen molar-refractivity contribution in [2.45, 2.75) is 19.0 Å². The molecule has 0 radical (unpaired) electrons. The van der Waals surface area contributed by atoms with Gasteiger partial charge in [0.05, 0.1) is 0 Å². The van der Waals surface area contributed by atoms with Gasteiger partial charge in [0.1, 0.15) is 11.9 Å². The van der Waals surface area contributed by atoms with E-state index in [1.165, 1.54) is 12.1 Å². The number of benzene rings is 2. The molecule has 6 nitrogen and oxygen atoms in total. The number of aromatic nitrogens is 1. The molecule has 0 aliphatic heterocycles. The Labute approximate surface area is 168 Å². The van der Waals surface area contributed by atoms with Gasteiger partial charge >= 0.3 is 6.03 Å². The summed E-state index contributed by atoms with van der Waals surface area (Å²) in [5.41, 5.74) is 2.26. The van der Waals surface area contributed by atoms with Gasteiger partial charge in [-0.2, -0.15) is 0 Å². The van der Waals surface area contributed by atoms with Crippen LogP contribution in [0.4, 0.5) is 14.9 Å². The molecular weight excluding hydrogens is 371 g/mol. The highest BCUT2D eigenvalue weighted by molar-refractivity contribution is 5.97. The molecule has 1 aromatic heterocycles. The molecule has 3 aromatic rings. The van der Waals surface area contributed by atoms with Gasteiger partial charge in [0.15, 0.2) is 0 Å². The van der Waals surface area contributed by atoms with Crippen molar-refractivity contribution in [2.24, 2.45) is 0 Å². The number of anilines is 1. The lowest BCUT2D eigenvalue weighted by Gasteiger charge is -2.19. The second kappa shape index (κ2) is 9.98. The molecule has 3 rings (SSSR count). The summed E-state index contributed by atoms with van der Waals surface area (Å²) >= 11 is 0. The topological polar surface area (TPSA) is 83.1 Å². The minimum atomic E-state index is -0.779. The summed E-state index contributed by atoms with van der Waals surface area (Å²) in [5.74, 6) is -0.675. The molecule has 0 saturated carbocycles. The summed E-state index contributed by atoms with van der Waals surface area (Å²) in [6, 6.07) is 17.3. The van der Waals surface area contributed by atoms with E-state index in [-0.39, 0.29) is 18.3 Å². The Balaban J connectivity index is 1.64. The molecule has 0 fully saturated rings. The van der Waals surface area contributed by atoms with Crippen LogP contribution in [0.1, 0.15) is 11.1 Å². The monoisotopic (exact) mass is 392 g/mol. The molecule has 1 atom stereocenters. The molecule has 0 aliphatic carbocycles. The first-order chi connectivity index (χ1) is 14.1. The summed E-state index contributed by atoms with van der Waals surface area (Å²) in [6.07, 6.45) is 3.48. The number of carbonyl (C=O) groups excluding carboxylic acids is 2. The molecule has 0 bridgehead atoms. The van der Waals surface area contributed by atoms with Gasteiger partial charge in [0.2, 0.25) is 5.91 Å². The molecular formula is C22H21FN4O2. The third-order valence-corrected chi connectivity index (χ3v) is 4.22. The zero-order valence-electron chi connectivity index (χ0n) is 15.6. The fraction of sp³-hybridized carbons (Fsp3) is 0.136. The molecule has 0 spiro atoms. The van der Waals surface area contributed by atoms with Crippen molar-refractivity contribution in [2.75, 3.05) is 5.32 Å². The fourth-order valence-corrected chi connectivity index (χ4v) is 2.72. The van der Waals surface area contributed by atoms with Crippen LogP contribution < -0.4 is 16.0 Å². The van der Waals surface area contributed by atoms with Gasteiger partial charge in [-0.1, -0.05) is 42.5 Å². The number of nitrogens with zero attached hydrogens (tertiary/aromatic N) is 1. The van der Waals surface area contributed by atoms with Crippen LogP contribution in [0, 0.1) is 5.82 Å². The van der Waals surface area contributed by atoms with Gasteiger partial charge in [-0.3, -0.25) is 9.78 Å². The quantitative estimate of drug-likeness (QED) is 0.577. The fourth-order valence-electron chi connectivity index (χ4n) is 2.72. The summed E-state index contributed by atoms with van der Waals surface area (Å²) in [6.45, 7) is 0.218. The zero-order chi connectivity index (χ0) is 20.5. The van der Waals surface area contributed by atoms with Crippen molar-refractivity contribution in [3.05, 3.63) is 96.1 Å². The second-order valence-corrected chi connectivity index (χ2v) is 6.42. The average molecular weight is 392 g/mol. The highest BCUT2D eigenvalue weighted by Gasteiger charge is 2.21. The SMILES string of the molecule is O=C(NCc1ccc(F)cc1)NC(Cc1ccccc1)C(=O)Nc1ccncc1. The molecule has 1 heterocycles. The second-order valence-electron chi connectivity index (χ2n) is 6.42. The predicted molar refractivity (Wildman–Crippen MR) is 109 cm³/mol. The van der Waals surface area contributed by atoms with E-state index in [1.807, 2.05) is 30.3 Å². The van der Waals surface area contributed by atoms with Gasteiger partial charge in [-0.25, -0.2) is 9.18 Å². The van der Waals surface area contributed by atoms with Crippen LogP contribution >= 0.6 is 0 Å². The Kier molecular flexibility index (Phi) is 6.89. The minimum absolute atomic E-state index is 0.218. The van der Waals surface area contributed by atoms with Crippen LogP contribution in [-0.4, -0.2) is 23.0 Å². The lowest BCUT2D eigenvalue weighted by Crippen LogP contribution is -2.49. The third-order valence-electron chi connectivity index (χ3n) is 4.22. The number of amides is 3. The number of rotatable bonds is 7. The molecule has 29 heavy (non-hydrogen) atoms. The van der Waals surface area contributed by atoms with Crippen molar-refractivity contribution in [1.82, 2.24) is 15.6 Å². The van der Waals surface area contributed by atoms with Gasteiger partial charge in [0.25, 0.3) is 0 Å². The Morgan fingerprint density at radius 3 is 2.28 bits per heavy atom. The molecule has 2 aromatic carbocycles. The molecule has 1 unspecified atom stereocenters. The summed E-state index contributed by atoms with van der Waals surface area (Å²) < 4.78 is 13.0. The van der Waals surface area contributed by atoms with Gasteiger partial charge < -0.3 is 16.0 Å². The first kappa shape index (κ1) is 20.0. The van der Waals surface area contributed by atoms with Crippen molar-refractivity contribution in [3.63, 3.8) is 0 Å². The van der Waals surface area contributed by atoms with E-state index in [2.05, 4.69) is 20.9 Å². The summed E-state index contributed by atoms with van der Waals surface area (Å²) in [5, 5.41) is 8.19. The Hall–Kier alpha value is -3.74. The molecule has 148 valence electrons. The number of pyridine rings is 1. The maximum absolute atomic E-state index is 13.0. The smallest absolute Gasteiger partial charge is 0.315 e. The van der Waals surface area contributed by atoms with Crippen molar-refractivity contribution >= 4 is 17.6 Å². The lowest BCUT2D eigenvalue weighted by atomic mass is 10.1. The van der Waals surface area contributed by atoms with E-state index in [1.54, 1.807) is 36.7 Å². The number of hydrogen-bond acceptors (Lipinski definition) is 3.